The zero-order chi connectivity index (χ0) is 32.5. The molecule has 4 atom stereocenters. The summed E-state index contributed by atoms with van der Waals surface area (Å²) in [6.45, 7) is 1.72. The lowest BCUT2D eigenvalue weighted by Crippen LogP contribution is -2.48. The van der Waals surface area contributed by atoms with Crippen LogP contribution in [0.2, 0.25) is 0 Å². The van der Waals surface area contributed by atoms with Gasteiger partial charge in [0.2, 0.25) is 0 Å². The summed E-state index contributed by atoms with van der Waals surface area (Å²) in [5.41, 5.74) is 6.98. The second kappa shape index (κ2) is 13.1. The van der Waals surface area contributed by atoms with Crippen LogP contribution < -0.4 is 4.90 Å². The minimum atomic E-state index is -1.45. The maximum atomic E-state index is 14.1. The van der Waals surface area contributed by atoms with Crippen molar-refractivity contribution in [3.8, 4) is 0 Å². The molecule has 242 valence electrons. The van der Waals surface area contributed by atoms with Crippen LogP contribution in [-0.4, -0.2) is 87.4 Å². The fourth-order valence-corrected chi connectivity index (χ4v) is 6.67. The number of allylic oxidation sites excluding steroid dienone is 2. The normalized spacial score (nSPS) is 20.4. The van der Waals surface area contributed by atoms with E-state index >= 15 is 0 Å². The molecule has 0 spiro atoms. The van der Waals surface area contributed by atoms with Crippen LogP contribution in [-0.2, 0) is 22.6 Å². The van der Waals surface area contributed by atoms with Gasteiger partial charge in [-0.1, -0.05) is 30.3 Å². The lowest BCUT2D eigenvalue weighted by Gasteiger charge is -2.27. The molecule has 46 heavy (non-hydrogen) atoms. The Labute approximate surface area is 267 Å². The van der Waals surface area contributed by atoms with E-state index in [4.69, 9.17) is 9.47 Å². The summed E-state index contributed by atoms with van der Waals surface area (Å²) in [6.07, 6.45) is 0.386. The molecule has 3 aromatic rings. The lowest BCUT2D eigenvalue weighted by molar-refractivity contribution is -0.0558. The molecule has 3 heterocycles. The summed E-state index contributed by atoms with van der Waals surface area (Å²) in [6, 6.07) is 17.1. The predicted molar refractivity (Wildman–Crippen MR) is 169 cm³/mol. The number of nitrogens with zero attached hydrogens (tertiary/aromatic N) is 3. The first kappa shape index (κ1) is 31.5. The van der Waals surface area contributed by atoms with Crippen LogP contribution in [0.25, 0.3) is 5.57 Å². The van der Waals surface area contributed by atoms with Crippen molar-refractivity contribution in [2.24, 2.45) is 0 Å². The lowest BCUT2D eigenvalue weighted by atomic mass is 9.90. The third kappa shape index (κ3) is 6.05. The van der Waals surface area contributed by atoms with Gasteiger partial charge >= 0.3 is 6.16 Å². The van der Waals surface area contributed by atoms with Gasteiger partial charge in [-0.2, -0.15) is 0 Å². The standard InChI is InChI=1S/C35H39N3O8/c1-21-16-23(12-14-26(21)22-8-4-3-5-9-22)33(42)38-18-25-13-15-28(37(25)17-24-10-6-7-11-27(24)38)34(43)36(2)19-29(40)31-32(30(41)20-39)46-35(44)45-31/h6-8,10-16,29-32,39-41H,3-5,9,17-20H2,1-2H3/t29-,30+,31+,32+/m0/s1. The third-order valence-corrected chi connectivity index (χ3v) is 9.12. The number of carbonyl (C=O) groups excluding carboxylic acids is 3. The Kier molecular flexibility index (Phi) is 8.99. The average Bonchev–Trinajstić information content (AvgIpc) is 3.61. The first-order chi connectivity index (χ1) is 22.2. The highest BCUT2D eigenvalue weighted by Gasteiger charge is 2.46. The molecule has 11 nitrogen and oxygen atoms in total. The molecule has 1 saturated heterocycles. The van der Waals surface area contributed by atoms with Gasteiger partial charge in [0.1, 0.15) is 17.9 Å². The van der Waals surface area contributed by atoms with Crippen molar-refractivity contribution in [1.82, 2.24) is 9.47 Å². The summed E-state index contributed by atoms with van der Waals surface area (Å²) < 4.78 is 11.8. The number of ether oxygens (including phenoxy) is 2. The highest BCUT2D eigenvalue weighted by Crippen LogP contribution is 2.33. The maximum Gasteiger partial charge on any atom is 0.509 e. The summed E-state index contributed by atoms with van der Waals surface area (Å²) in [5, 5.41) is 30.1. The Morgan fingerprint density at radius 3 is 2.48 bits per heavy atom. The molecule has 2 aliphatic heterocycles. The number of aliphatic hydroxyl groups excluding tert-OH is 3. The van der Waals surface area contributed by atoms with E-state index in [0.29, 0.717) is 17.8 Å². The van der Waals surface area contributed by atoms with Crippen molar-refractivity contribution < 1.29 is 39.2 Å². The van der Waals surface area contributed by atoms with Crippen molar-refractivity contribution in [1.29, 1.82) is 0 Å². The summed E-state index contributed by atoms with van der Waals surface area (Å²) in [4.78, 5) is 42.5. The topological polar surface area (TPSA) is 142 Å². The number of benzene rings is 2. The number of rotatable bonds is 8. The van der Waals surface area contributed by atoms with Crippen LogP contribution in [0.4, 0.5) is 10.5 Å². The number of hydrogen-bond acceptors (Lipinski definition) is 8. The number of amides is 2. The van der Waals surface area contributed by atoms with Crippen LogP contribution in [0, 0.1) is 6.92 Å². The van der Waals surface area contributed by atoms with Crippen molar-refractivity contribution in [2.75, 3.05) is 25.1 Å². The van der Waals surface area contributed by atoms with Gasteiger partial charge in [0, 0.05) is 24.0 Å². The number of aliphatic hydroxyl groups is 3. The number of carbonyl (C=O) groups is 3. The highest BCUT2D eigenvalue weighted by molar-refractivity contribution is 6.07. The number of para-hydroxylation sites is 1. The summed E-state index contributed by atoms with van der Waals surface area (Å²) in [5.74, 6) is -0.522. The van der Waals surface area contributed by atoms with Crippen molar-refractivity contribution >= 4 is 29.2 Å². The van der Waals surface area contributed by atoms with E-state index in [9.17, 15) is 29.7 Å². The first-order valence-electron chi connectivity index (χ1n) is 15.6. The number of cyclic esters (lactones) is 2. The minimum Gasteiger partial charge on any atom is -0.424 e. The summed E-state index contributed by atoms with van der Waals surface area (Å²) in [7, 11) is 1.51. The zero-order valence-corrected chi connectivity index (χ0v) is 26.0. The molecule has 0 unspecified atom stereocenters. The Hall–Kier alpha value is -4.45. The van der Waals surface area contributed by atoms with E-state index in [1.165, 1.54) is 35.9 Å². The van der Waals surface area contributed by atoms with E-state index in [1.54, 1.807) is 11.0 Å². The molecule has 0 radical (unpaired) electrons. The molecular formula is C35H39N3O8. The van der Waals surface area contributed by atoms with Crippen LogP contribution in [0.5, 0.6) is 0 Å². The molecule has 3 aliphatic rings. The average molecular weight is 630 g/mol. The van der Waals surface area contributed by atoms with Crippen molar-refractivity contribution in [3.05, 3.63) is 94.3 Å². The summed E-state index contributed by atoms with van der Waals surface area (Å²) >= 11 is 0. The van der Waals surface area contributed by atoms with Crippen LogP contribution >= 0.6 is 0 Å². The quantitative estimate of drug-likeness (QED) is 0.321. The van der Waals surface area contributed by atoms with Crippen molar-refractivity contribution in [2.45, 2.75) is 70.1 Å². The second-order valence-corrected chi connectivity index (χ2v) is 12.2. The maximum absolute atomic E-state index is 14.1. The minimum absolute atomic E-state index is 0.129. The third-order valence-electron chi connectivity index (χ3n) is 9.12. The Morgan fingerprint density at radius 2 is 1.76 bits per heavy atom. The fraction of sp³-hybridized carbons (Fsp3) is 0.400. The van der Waals surface area contributed by atoms with Gasteiger partial charge in [0.05, 0.1) is 26.2 Å². The van der Waals surface area contributed by atoms with Gasteiger partial charge in [-0.3, -0.25) is 9.59 Å². The van der Waals surface area contributed by atoms with Gasteiger partial charge in [0.25, 0.3) is 11.8 Å². The molecule has 0 saturated carbocycles. The molecule has 0 bridgehead atoms. The molecule has 1 aromatic heterocycles. The van der Waals surface area contributed by atoms with Crippen LogP contribution in [0.15, 0.2) is 60.7 Å². The van der Waals surface area contributed by atoms with Gasteiger partial charge in [-0.05, 0) is 85.2 Å². The SMILES string of the molecule is Cc1cc(C(=O)N2Cc3ccc(C(=O)N(C)C[C@H](O)[C@H]4OC(=O)O[C@@H]4[C@H](O)CO)n3Cc3ccccc32)ccc1C1=CCCCC1. The molecule has 11 heteroatoms. The molecule has 2 aromatic carbocycles. The van der Waals surface area contributed by atoms with E-state index in [2.05, 4.69) is 12.1 Å². The van der Waals surface area contributed by atoms with E-state index in [0.717, 1.165) is 35.3 Å². The highest BCUT2D eigenvalue weighted by atomic mass is 16.8. The number of hydrogen-bond donors (Lipinski definition) is 3. The van der Waals surface area contributed by atoms with E-state index in [-0.39, 0.29) is 19.0 Å². The molecular weight excluding hydrogens is 590 g/mol. The van der Waals surface area contributed by atoms with E-state index in [1.807, 2.05) is 54.0 Å². The fourth-order valence-electron chi connectivity index (χ4n) is 6.67. The predicted octanol–water partition coefficient (Wildman–Crippen LogP) is 3.65. The molecule has 1 aliphatic carbocycles. The van der Waals surface area contributed by atoms with Crippen LogP contribution in [0.3, 0.4) is 0 Å². The Morgan fingerprint density at radius 1 is 1.00 bits per heavy atom. The Balaban J connectivity index is 1.23. The zero-order valence-electron chi connectivity index (χ0n) is 26.0. The van der Waals surface area contributed by atoms with Gasteiger partial charge in [0.15, 0.2) is 12.2 Å². The number of aromatic nitrogens is 1. The van der Waals surface area contributed by atoms with Gasteiger partial charge in [-0.25, -0.2) is 4.79 Å². The van der Waals surface area contributed by atoms with Crippen molar-refractivity contribution in [3.63, 3.8) is 0 Å². The molecule has 1 fully saturated rings. The number of fused-ring (bicyclic) bond motifs is 2. The monoisotopic (exact) mass is 629 g/mol. The largest absolute Gasteiger partial charge is 0.509 e. The first-order valence-corrected chi connectivity index (χ1v) is 15.6. The molecule has 6 rings (SSSR count). The van der Waals surface area contributed by atoms with Crippen LogP contribution in [0.1, 0.15) is 68.9 Å². The number of likely N-dealkylation sites (N-methyl/N-ethyl adjacent to an activating group) is 1. The smallest absolute Gasteiger partial charge is 0.424 e. The van der Waals surface area contributed by atoms with Gasteiger partial charge in [-0.15, -0.1) is 0 Å². The van der Waals surface area contributed by atoms with Gasteiger partial charge < -0.3 is 39.2 Å². The van der Waals surface area contributed by atoms with E-state index < -0.39 is 43.1 Å². The molecule has 3 N–H and O–H groups in total. The number of aryl methyl sites for hydroxylation is 1. The number of anilines is 1. The second-order valence-electron chi connectivity index (χ2n) is 12.2. The Bertz CT molecular complexity index is 1680. The molecule has 2 amide bonds.